The second kappa shape index (κ2) is 2.48. The molecule has 0 aliphatic rings. The zero-order valence-electron chi connectivity index (χ0n) is 5.96. The third-order valence-electron chi connectivity index (χ3n) is 1.58. The molecule has 60 valence electrons. The van der Waals surface area contributed by atoms with Crippen molar-refractivity contribution >= 4 is 10.9 Å². The second-order valence-electron chi connectivity index (χ2n) is 2.32. The van der Waals surface area contributed by atoms with E-state index in [1.54, 1.807) is 0 Å². The minimum absolute atomic E-state index is 0.109. The summed E-state index contributed by atoms with van der Waals surface area (Å²) in [5.74, 6) is -1.77. The van der Waals surface area contributed by atoms with Crippen molar-refractivity contribution in [3.05, 3.63) is 36.3 Å². The van der Waals surface area contributed by atoms with Crippen LogP contribution >= 0.6 is 0 Å². The van der Waals surface area contributed by atoms with Crippen LogP contribution in [-0.4, -0.2) is 9.97 Å². The van der Waals surface area contributed by atoms with E-state index >= 15 is 0 Å². The smallest absolute Gasteiger partial charge is 0.169 e. The number of halogens is 2. The maximum absolute atomic E-state index is 12.9. The Kier molecular flexibility index (Phi) is 1.46. The van der Waals surface area contributed by atoms with Gasteiger partial charge in [-0.05, 0) is 12.1 Å². The lowest BCUT2D eigenvalue weighted by Gasteiger charge is -1.96. The fraction of sp³-hybridized carbons (Fsp3) is 0. The van der Waals surface area contributed by atoms with Crippen molar-refractivity contribution in [3.8, 4) is 0 Å². The fourth-order valence-corrected chi connectivity index (χ4v) is 0.995. The minimum Gasteiger partial charge on any atom is -0.244 e. The molecule has 0 spiro atoms. The Labute approximate surface area is 66.9 Å². The lowest BCUT2D eigenvalue weighted by molar-refractivity contribution is 0.516. The normalized spacial score (nSPS) is 10.5. The third kappa shape index (κ3) is 0.922. The van der Waals surface area contributed by atoms with Gasteiger partial charge >= 0.3 is 0 Å². The average Bonchev–Trinajstić information content (AvgIpc) is 2.12. The molecule has 0 radical (unpaired) electrons. The molecule has 2 rings (SSSR count). The highest BCUT2D eigenvalue weighted by Gasteiger charge is 2.06. The summed E-state index contributed by atoms with van der Waals surface area (Å²) < 4.78 is 25.6. The summed E-state index contributed by atoms with van der Waals surface area (Å²) in [5, 5.41) is 0.109. The first-order valence-corrected chi connectivity index (χ1v) is 3.33. The van der Waals surface area contributed by atoms with Crippen molar-refractivity contribution < 1.29 is 8.78 Å². The Morgan fingerprint density at radius 3 is 2.83 bits per heavy atom. The molecule has 0 amide bonds. The molecule has 2 aromatic rings. The molecule has 1 aromatic carbocycles. The lowest BCUT2D eigenvalue weighted by atomic mass is 10.2. The summed E-state index contributed by atoms with van der Waals surface area (Å²) in [7, 11) is 0. The SMILES string of the molecule is Fc1ccc2ncncc2c1F. The van der Waals surface area contributed by atoms with E-state index in [1.165, 1.54) is 18.6 Å². The van der Waals surface area contributed by atoms with Crippen LogP contribution in [-0.2, 0) is 0 Å². The van der Waals surface area contributed by atoms with E-state index in [-0.39, 0.29) is 5.39 Å². The van der Waals surface area contributed by atoms with Gasteiger partial charge in [0, 0.05) is 6.20 Å². The first-order chi connectivity index (χ1) is 5.79. The number of fused-ring (bicyclic) bond motifs is 1. The molecule has 0 aliphatic heterocycles. The summed E-state index contributed by atoms with van der Waals surface area (Å²) in [6.45, 7) is 0. The molecule has 0 bridgehead atoms. The number of rotatable bonds is 0. The molecular formula is C8H4F2N2. The largest absolute Gasteiger partial charge is 0.244 e. The molecule has 0 saturated carbocycles. The van der Waals surface area contributed by atoms with Crippen LogP contribution in [0.5, 0.6) is 0 Å². The monoisotopic (exact) mass is 166 g/mol. The quantitative estimate of drug-likeness (QED) is 0.597. The number of benzene rings is 1. The first-order valence-electron chi connectivity index (χ1n) is 3.33. The van der Waals surface area contributed by atoms with Gasteiger partial charge in [-0.2, -0.15) is 0 Å². The minimum atomic E-state index is -0.895. The maximum Gasteiger partial charge on any atom is 0.169 e. The van der Waals surface area contributed by atoms with Gasteiger partial charge in [0.05, 0.1) is 10.9 Å². The van der Waals surface area contributed by atoms with Gasteiger partial charge in [-0.15, -0.1) is 0 Å². The van der Waals surface area contributed by atoms with E-state index in [2.05, 4.69) is 9.97 Å². The fourth-order valence-electron chi connectivity index (χ4n) is 0.995. The van der Waals surface area contributed by atoms with Gasteiger partial charge in [0.1, 0.15) is 6.33 Å². The highest BCUT2D eigenvalue weighted by atomic mass is 19.2. The van der Waals surface area contributed by atoms with E-state index in [1.807, 2.05) is 0 Å². The van der Waals surface area contributed by atoms with E-state index in [4.69, 9.17) is 0 Å². The van der Waals surface area contributed by atoms with Crippen molar-refractivity contribution in [1.82, 2.24) is 9.97 Å². The molecule has 0 atom stereocenters. The Morgan fingerprint density at radius 2 is 2.00 bits per heavy atom. The summed E-state index contributed by atoms with van der Waals surface area (Å²) in [5.41, 5.74) is 0.406. The van der Waals surface area contributed by atoms with Crippen LogP contribution < -0.4 is 0 Å². The van der Waals surface area contributed by atoms with Gasteiger partial charge in [-0.3, -0.25) is 0 Å². The van der Waals surface area contributed by atoms with Crippen LogP contribution in [0.3, 0.4) is 0 Å². The number of hydrogen-bond acceptors (Lipinski definition) is 2. The van der Waals surface area contributed by atoms with E-state index < -0.39 is 11.6 Å². The molecule has 0 saturated heterocycles. The Bertz CT molecular complexity index is 428. The molecule has 0 fully saturated rings. The molecule has 12 heavy (non-hydrogen) atoms. The highest BCUT2D eigenvalue weighted by Crippen LogP contribution is 2.16. The topological polar surface area (TPSA) is 25.8 Å². The predicted molar refractivity (Wildman–Crippen MR) is 39.5 cm³/mol. The summed E-state index contributed by atoms with van der Waals surface area (Å²) in [6.07, 6.45) is 2.54. The van der Waals surface area contributed by atoms with Crippen molar-refractivity contribution in [2.45, 2.75) is 0 Å². The Hall–Kier alpha value is -1.58. The van der Waals surface area contributed by atoms with Gasteiger partial charge in [0.25, 0.3) is 0 Å². The first kappa shape index (κ1) is 7.09. The van der Waals surface area contributed by atoms with Crippen molar-refractivity contribution in [3.63, 3.8) is 0 Å². The standard InChI is InChI=1S/C8H4F2N2/c9-6-1-2-7-5(8(6)10)3-11-4-12-7/h1-4H. The molecule has 0 N–H and O–H groups in total. The third-order valence-corrected chi connectivity index (χ3v) is 1.58. The van der Waals surface area contributed by atoms with Gasteiger partial charge in [0.2, 0.25) is 0 Å². The van der Waals surface area contributed by atoms with Gasteiger partial charge in [-0.1, -0.05) is 0 Å². The lowest BCUT2D eigenvalue weighted by Crippen LogP contribution is -1.88. The number of hydrogen-bond donors (Lipinski definition) is 0. The van der Waals surface area contributed by atoms with Crippen molar-refractivity contribution in [1.29, 1.82) is 0 Å². The molecule has 0 unspecified atom stereocenters. The average molecular weight is 166 g/mol. The Balaban J connectivity index is 2.91. The number of nitrogens with zero attached hydrogens (tertiary/aromatic N) is 2. The molecule has 1 heterocycles. The van der Waals surface area contributed by atoms with Crippen LogP contribution in [0, 0.1) is 11.6 Å². The van der Waals surface area contributed by atoms with Crippen LogP contribution in [0.2, 0.25) is 0 Å². The molecule has 1 aromatic heterocycles. The van der Waals surface area contributed by atoms with Crippen LogP contribution in [0.25, 0.3) is 10.9 Å². The van der Waals surface area contributed by atoms with Gasteiger partial charge < -0.3 is 0 Å². The van der Waals surface area contributed by atoms with E-state index in [0.717, 1.165) is 6.07 Å². The van der Waals surface area contributed by atoms with Crippen molar-refractivity contribution in [2.75, 3.05) is 0 Å². The summed E-state index contributed by atoms with van der Waals surface area (Å²) in [4.78, 5) is 7.36. The molecular weight excluding hydrogens is 162 g/mol. The van der Waals surface area contributed by atoms with Crippen LogP contribution in [0.4, 0.5) is 8.78 Å². The number of aromatic nitrogens is 2. The van der Waals surface area contributed by atoms with E-state index in [9.17, 15) is 8.78 Å². The van der Waals surface area contributed by atoms with Crippen LogP contribution in [0.15, 0.2) is 24.7 Å². The van der Waals surface area contributed by atoms with Crippen LogP contribution in [0.1, 0.15) is 0 Å². The highest BCUT2D eigenvalue weighted by molar-refractivity contribution is 5.77. The Morgan fingerprint density at radius 1 is 1.17 bits per heavy atom. The zero-order chi connectivity index (χ0) is 8.55. The molecule has 2 nitrogen and oxygen atoms in total. The van der Waals surface area contributed by atoms with Gasteiger partial charge in [-0.25, -0.2) is 18.7 Å². The zero-order valence-corrected chi connectivity index (χ0v) is 5.96. The van der Waals surface area contributed by atoms with E-state index in [0.29, 0.717) is 5.52 Å². The maximum atomic E-state index is 12.9. The second-order valence-corrected chi connectivity index (χ2v) is 2.32. The predicted octanol–water partition coefficient (Wildman–Crippen LogP) is 1.91. The summed E-state index contributed by atoms with van der Waals surface area (Å²) >= 11 is 0. The molecule has 0 aliphatic carbocycles. The van der Waals surface area contributed by atoms with Crippen molar-refractivity contribution in [2.24, 2.45) is 0 Å². The van der Waals surface area contributed by atoms with Gasteiger partial charge in [0.15, 0.2) is 11.6 Å². The summed E-state index contributed by atoms with van der Waals surface area (Å²) in [6, 6.07) is 2.46. The molecule has 4 heteroatoms.